The molecule has 100 valence electrons. The van der Waals surface area contributed by atoms with Gasteiger partial charge in [0, 0.05) is 16.9 Å². The zero-order valence-corrected chi connectivity index (χ0v) is 12.4. The molecule has 0 saturated heterocycles. The van der Waals surface area contributed by atoms with E-state index in [4.69, 9.17) is 11.6 Å². The van der Waals surface area contributed by atoms with Crippen molar-refractivity contribution in [2.45, 2.75) is 25.7 Å². The number of hydrogen-bond acceptors (Lipinski definition) is 1. The van der Waals surface area contributed by atoms with Gasteiger partial charge in [-0.15, -0.1) is 11.6 Å². The first-order chi connectivity index (χ1) is 8.66. The standard InChI is InChI=1S/C13H16BrClFNO/c14-10-6-5-7-11(16)12(10)13(18)17-9-4-2-1-3-8-15/h5-7H,1-4,8-9H2,(H,17,18). The van der Waals surface area contributed by atoms with Crippen LogP contribution in [0.2, 0.25) is 0 Å². The number of hydrogen-bond donors (Lipinski definition) is 1. The summed E-state index contributed by atoms with van der Waals surface area (Å²) in [5.41, 5.74) is 0.0678. The summed E-state index contributed by atoms with van der Waals surface area (Å²) < 4.78 is 13.9. The summed E-state index contributed by atoms with van der Waals surface area (Å²) in [6.45, 7) is 0.557. The fraction of sp³-hybridized carbons (Fsp3) is 0.462. The molecule has 1 amide bonds. The van der Waals surface area contributed by atoms with Crippen molar-refractivity contribution in [3.63, 3.8) is 0 Å². The molecule has 1 aromatic carbocycles. The van der Waals surface area contributed by atoms with Gasteiger partial charge in [0.05, 0.1) is 5.56 Å². The van der Waals surface area contributed by atoms with Gasteiger partial charge in [-0.05, 0) is 40.9 Å². The molecular weight excluding hydrogens is 321 g/mol. The normalized spacial score (nSPS) is 10.4. The summed E-state index contributed by atoms with van der Waals surface area (Å²) >= 11 is 8.74. The summed E-state index contributed by atoms with van der Waals surface area (Å²) in [7, 11) is 0. The molecule has 0 atom stereocenters. The molecule has 0 spiro atoms. The third-order valence-electron chi connectivity index (χ3n) is 2.54. The molecular formula is C13H16BrClFNO. The number of amides is 1. The van der Waals surface area contributed by atoms with Gasteiger partial charge < -0.3 is 5.32 Å². The van der Waals surface area contributed by atoms with Crippen LogP contribution in [0.25, 0.3) is 0 Å². The van der Waals surface area contributed by atoms with Gasteiger partial charge in [-0.25, -0.2) is 4.39 Å². The molecule has 1 rings (SSSR count). The highest BCUT2D eigenvalue weighted by Gasteiger charge is 2.14. The maximum atomic E-state index is 13.5. The Morgan fingerprint density at radius 3 is 2.67 bits per heavy atom. The first kappa shape index (κ1) is 15.4. The van der Waals surface area contributed by atoms with Crippen molar-refractivity contribution in [2.75, 3.05) is 12.4 Å². The van der Waals surface area contributed by atoms with Gasteiger partial charge in [-0.3, -0.25) is 4.79 Å². The largest absolute Gasteiger partial charge is 0.352 e. The van der Waals surface area contributed by atoms with Gasteiger partial charge in [0.1, 0.15) is 5.82 Å². The minimum Gasteiger partial charge on any atom is -0.352 e. The third-order valence-corrected chi connectivity index (χ3v) is 3.46. The van der Waals surface area contributed by atoms with Crippen molar-refractivity contribution in [3.05, 3.63) is 34.1 Å². The van der Waals surface area contributed by atoms with Crippen LogP contribution >= 0.6 is 27.5 Å². The number of nitrogens with one attached hydrogen (secondary N) is 1. The van der Waals surface area contributed by atoms with E-state index in [2.05, 4.69) is 21.2 Å². The number of alkyl halides is 1. The molecule has 0 fully saturated rings. The second kappa shape index (κ2) is 8.48. The monoisotopic (exact) mass is 335 g/mol. The highest BCUT2D eigenvalue weighted by molar-refractivity contribution is 9.10. The van der Waals surface area contributed by atoms with Gasteiger partial charge in [-0.2, -0.15) is 0 Å². The molecule has 0 aliphatic heterocycles. The van der Waals surface area contributed by atoms with Crippen LogP contribution < -0.4 is 5.32 Å². The van der Waals surface area contributed by atoms with E-state index >= 15 is 0 Å². The first-order valence-corrected chi connectivity index (χ1v) is 7.27. The summed E-state index contributed by atoms with van der Waals surface area (Å²) in [4.78, 5) is 11.8. The molecule has 0 saturated carbocycles. The fourth-order valence-electron chi connectivity index (χ4n) is 1.58. The smallest absolute Gasteiger partial charge is 0.255 e. The van der Waals surface area contributed by atoms with Gasteiger partial charge in [-0.1, -0.05) is 18.9 Å². The molecule has 0 bridgehead atoms. The van der Waals surface area contributed by atoms with E-state index in [0.717, 1.165) is 25.7 Å². The van der Waals surface area contributed by atoms with Gasteiger partial charge in [0.15, 0.2) is 0 Å². The van der Waals surface area contributed by atoms with E-state index < -0.39 is 5.82 Å². The van der Waals surface area contributed by atoms with Crippen molar-refractivity contribution in [1.29, 1.82) is 0 Å². The molecule has 2 nitrogen and oxygen atoms in total. The molecule has 0 unspecified atom stereocenters. The Morgan fingerprint density at radius 1 is 1.28 bits per heavy atom. The van der Waals surface area contributed by atoms with Crippen LogP contribution in [0.5, 0.6) is 0 Å². The van der Waals surface area contributed by atoms with Crippen LogP contribution in [-0.4, -0.2) is 18.3 Å². The predicted molar refractivity (Wildman–Crippen MR) is 75.6 cm³/mol. The third kappa shape index (κ3) is 4.94. The Bertz CT molecular complexity index is 380. The van der Waals surface area contributed by atoms with E-state index in [1.54, 1.807) is 12.1 Å². The van der Waals surface area contributed by atoms with Crippen molar-refractivity contribution < 1.29 is 9.18 Å². The maximum Gasteiger partial charge on any atom is 0.255 e. The molecule has 1 N–H and O–H groups in total. The van der Waals surface area contributed by atoms with Gasteiger partial charge in [0.25, 0.3) is 5.91 Å². The van der Waals surface area contributed by atoms with Gasteiger partial charge in [0.2, 0.25) is 0 Å². The van der Waals surface area contributed by atoms with Crippen molar-refractivity contribution >= 4 is 33.4 Å². The molecule has 1 aromatic rings. The number of unbranched alkanes of at least 4 members (excludes halogenated alkanes) is 3. The topological polar surface area (TPSA) is 29.1 Å². The number of halogens is 3. The van der Waals surface area contributed by atoms with Crippen LogP contribution in [0.15, 0.2) is 22.7 Å². The second-order valence-electron chi connectivity index (χ2n) is 3.96. The first-order valence-electron chi connectivity index (χ1n) is 5.95. The van der Waals surface area contributed by atoms with E-state index in [9.17, 15) is 9.18 Å². The van der Waals surface area contributed by atoms with E-state index in [1.165, 1.54) is 6.07 Å². The summed E-state index contributed by atoms with van der Waals surface area (Å²) in [6.07, 6.45) is 3.96. The molecule has 0 aliphatic carbocycles. The molecule has 5 heteroatoms. The highest BCUT2D eigenvalue weighted by Crippen LogP contribution is 2.19. The SMILES string of the molecule is O=C(NCCCCCCCl)c1c(F)cccc1Br. The van der Waals surface area contributed by atoms with E-state index in [-0.39, 0.29) is 11.5 Å². The lowest BCUT2D eigenvalue weighted by atomic mass is 10.2. The lowest BCUT2D eigenvalue weighted by Gasteiger charge is -2.07. The molecule has 0 aromatic heterocycles. The Hall–Kier alpha value is -0.610. The summed E-state index contributed by atoms with van der Waals surface area (Å²) in [5, 5.41) is 2.72. The van der Waals surface area contributed by atoms with Crippen LogP contribution in [0.4, 0.5) is 4.39 Å². The number of benzene rings is 1. The summed E-state index contributed by atoms with van der Waals surface area (Å²) in [6, 6.07) is 4.49. The Balaban J connectivity index is 2.37. The second-order valence-corrected chi connectivity index (χ2v) is 5.19. The summed E-state index contributed by atoms with van der Waals surface area (Å²) in [5.74, 6) is -0.213. The predicted octanol–water partition coefficient (Wildman–Crippen LogP) is 4.12. The molecule has 18 heavy (non-hydrogen) atoms. The van der Waals surface area contributed by atoms with Crippen LogP contribution in [0, 0.1) is 5.82 Å². The van der Waals surface area contributed by atoms with Crippen LogP contribution in [-0.2, 0) is 0 Å². The van der Waals surface area contributed by atoms with Crippen molar-refractivity contribution in [2.24, 2.45) is 0 Å². The maximum absolute atomic E-state index is 13.5. The van der Waals surface area contributed by atoms with Crippen molar-refractivity contribution in [3.8, 4) is 0 Å². The van der Waals surface area contributed by atoms with E-state index in [0.29, 0.717) is 16.9 Å². The Labute approximate surface area is 120 Å². The number of carbonyl (C=O) groups is 1. The molecule has 0 aliphatic rings. The number of rotatable bonds is 7. The Morgan fingerprint density at radius 2 is 2.00 bits per heavy atom. The van der Waals surface area contributed by atoms with Crippen molar-refractivity contribution in [1.82, 2.24) is 5.32 Å². The van der Waals surface area contributed by atoms with Crippen LogP contribution in [0.3, 0.4) is 0 Å². The lowest BCUT2D eigenvalue weighted by Crippen LogP contribution is -2.25. The zero-order chi connectivity index (χ0) is 13.4. The fourth-order valence-corrected chi connectivity index (χ4v) is 2.29. The quantitative estimate of drug-likeness (QED) is 0.589. The number of carbonyl (C=O) groups excluding carboxylic acids is 1. The van der Waals surface area contributed by atoms with E-state index in [1.807, 2.05) is 0 Å². The Kier molecular flexibility index (Phi) is 7.28. The molecule has 0 radical (unpaired) electrons. The lowest BCUT2D eigenvalue weighted by molar-refractivity contribution is 0.0948. The molecule has 0 heterocycles. The van der Waals surface area contributed by atoms with Gasteiger partial charge >= 0.3 is 0 Å². The zero-order valence-electron chi connectivity index (χ0n) is 10.0. The minimum atomic E-state index is -0.510. The van der Waals surface area contributed by atoms with Crippen LogP contribution in [0.1, 0.15) is 36.0 Å². The highest BCUT2D eigenvalue weighted by atomic mass is 79.9. The average molecular weight is 337 g/mol. The minimum absolute atomic E-state index is 0.0678. The average Bonchev–Trinajstić information content (AvgIpc) is 2.33.